The van der Waals surface area contributed by atoms with Crippen LogP contribution >= 0.6 is 0 Å². The summed E-state index contributed by atoms with van der Waals surface area (Å²) in [6.07, 6.45) is 6.87. The Kier molecular flexibility index (Phi) is 2.54. The van der Waals surface area contributed by atoms with Gasteiger partial charge in [0.15, 0.2) is 0 Å². The zero-order chi connectivity index (χ0) is 11.6. The topological polar surface area (TPSA) is 49.8 Å². The SMILES string of the molecule is CC1(c2ccc(N)cc2)C=C(C#N)C=CC1. The van der Waals surface area contributed by atoms with Gasteiger partial charge in [-0.05, 0) is 30.2 Å². The summed E-state index contributed by atoms with van der Waals surface area (Å²) in [6.45, 7) is 2.14. The van der Waals surface area contributed by atoms with Crippen LogP contribution in [0.4, 0.5) is 5.69 Å². The van der Waals surface area contributed by atoms with Gasteiger partial charge in [-0.2, -0.15) is 5.26 Å². The van der Waals surface area contributed by atoms with E-state index in [0.717, 1.165) is 17.7 Å². The van der Waals surface area contributed by atoms with Gasteiger partial charge in [0.25, 0.3) is 0 Å². The van der Waals surface area contributed by atoms with Gasteiger partial charge >= 0.3 is 0 Å². The molecule has 0 saturated carbocycles. The molecule has 1 unspecified atom stereocenters. The number of allylic oxidation sites excluding steroid dienone is 4. The number of nitrogen functional groups attached to an aromatic ring is 1. The average Bonchev–Trinajstić information content (AvgIpc) is 2.29. The van der Waals surface area contributed by atoms with Crippen LogP contribution in [0, 0.1) is 11.3 Å². The molecule has 0 spiro atoms. The van der Waals surface area contributed by atoms with Crippen LogP contribution < -0.4 is 5.73 Å². The minimum atomic E-state index is -0.0898. The smallest absolute Gasteiger partial charge is 0.0988 e. The molecule has 2 heteroatoms. The largest absolute Gasteiger partial charge is 0.399 e. The van der Waals surface area contributed by atoms with E-state index >= 15 is 0 Å². The number of hydrogen-bond acceptors (Lipinski definition) is 2. The molecular formula is C14H14N2. The Bertz CT molecular complexity index is 488. The van der Waals surface area contributed by atoms with Crippen LogP contribution in [0.2, 0.25) is 0 Å². The molecule has 1 aliphatic carbocycles. The van der Waals surface area contributed by atoms with Crippen LogP contribution in [0.1, 0.15) is 18.9 Å². The second-order valence-electron chi connectivity index (χ2n) is 4.36. The molecule has 0 amide bonds. The van der Waals surface area contributed by atoms with E-state index in [0.29, 0.717) is 0 Å². The molecule has 2 nitrogen and oxygen atoms in total. The molecule has 0 aromatic heterocycles. The van der Waals surface area contributed by atoms with E-state index in [1.165, 1.54) is 5.56 Å². The summed E-state index contributed by atoms with van der Waals surface area (Å²) in [5.41, 5.74) is 8.27. The van der Waals surface area contributed by atoms with Crippen LogP contribution in [0.15, 0.2) is 48.1 Å². The first-order chi connectivity index (χ1) is 7.64. The molecule has 1 aliphatic rings. The van der Waals surface area contributed by atoms with Crippen molar-refractivity contribution in [1.29, 1.82) is 5.26 Å². The summed E-state index contributed by atoms with van der Waals surface area (Å²) in [7, 11) is 0. The van der Waals surface area contributed by atoms with Crippen molar-refractivity contribution in [3.8, 4) is 6.07 Å². The van der Waals surface area contributed by atoms with Gasteiger partial charge < -0.3 is 5.73 Å². The lowest BCUT2D eigenvalue weighted by Gasteiger charge is -2.28. The molecule has 80 valence electrons. The maximum atomic E-state index is 8.92. The minimum absolute atomic E-state index is 0.0898. The third-order valence-electron chi connectivity index (χ3n) is 3.01. The Balaban J connectivity index is 2.40. The average molecular weight is 210 g/mol. The van der Waals surface area contributed by atoms with E-state index < -0.39 is 0 Å². The quantitative estimate of drug-likeness (QED) is 0.724. The molecule has 0 fully saturated rings. The maximum Gasteiger partial charge on any atom is 0.0988 e. The summed E-state index contributed by atoms with van der Waals surface area (Å²) < 4.78 is 0. The number of nitrogens with zero attached hydrogens (tertiary/aromatic N) is 1. The van der Waals surface area contributed by atoms with Crippen molar-refractivity contribution in [2.45, 2.75) is 18.8 Å². The Morgan fingerprint density at radius 1 is 1.31 bits per heavy atom. The summed E-state index contributed by atoms with van der Waals surface area (Å²) in [4.78, 5) is 0. The number of anilines is 1. The molecule has 1 atom stereocenters. The lowest BCUT2D eigenvalue weighted by molar-refractivity contribution is 0.597. The van der Waals surface area contributed by atoms with E-state index in [9.17, 15) is 0 Å². The molecule has 0 saturated heterocycles. The van der Waals surface area contributed by atoms with Crippen molar-refractivity contribution in [3.05, 3.63) is 53.6 Å². The number of benzene rings is 1. The van der Waals surface area contributed by atoms with Gasteiger partial charge in [-0.1, -0.05) is 31.2 Å². The molecule has 0 bridgehead atoms. The van der Waals surface area contributed by atoms with E-state index in [4.69, 9.17) is 11.0 Å². The molecular weight excluding hydrogens is 196 g/mol. The summed E-state index contributed by atoms with van der Waals surface area (Å²) in [5, 5.41) is 8.92. The zero-order valence-corrected chi connectivity index (χ0v) is 9.27. The van der Waals surface area contributed by atoms with Crippen molar-refractivity contribution >= 4 is 5.69 Å². The number of hydrogen-bond donors (Lipinski definition) is 1. The molecule has 1 aromatic carbocycles. The van der Waals surface area contributed by atoms with E-state index in [2.05, 4.69) is 19.1 Å². The van der Waals surface area contributed by atoms with Gasteiger partial charge in [0.1, 0.15) is 0 Å². The Morgan fingerprint density at radius 3 is 2.62 bits per heavy atom. The fourth-order valence-electron chi connectivity index (χ4n) is 2.02. The van der Waals surface area contributed by atoms with Gasteiger partial charge in [-0.15, -0.1) is 0 Å². The molecule has 2 rings (SSSR count). The lowest BCUT2D eigenvalue weighted by atomic mass is 9.76. The van der Waals surface area contributed by atoms with Crippen molar-refractivity contribution in [2.24, 2.45) is 0 Å². The Labute approximate surface area is 95.7 Å². The monoisotopic (exact) mass is 210 g/mol. The van der Waals surface area contributed by atoms with Gasteiger partial charge in [-0.3, -0.25) is 0 Å². The van der Waals surface area contributed by atoms with E-state index in [1.807, 2.05) is 36.4 Å². The fourth-order valence-corrected chi connectivity index (χ4v) is 2.02. The van der Waals surface area contributed by atoms with Gasteiger partial charge in [-0.25, -0.2) is 0 Å². The Morgan fingerprint density at radius 2 is 2.00 bits per heavy atom. The lowest BCUT2D eigenvalue weighted by Crippen LogP contribution is -2.20. The van der Waals surface area contributed by atoms with Crippen LogP contribution in [-0.4, -0.2) is 0 Å². The molecule has 0 radical (unpaired) electrons. The van der Waals surface area contributed by atoms with Crippen LogP contribution in [0.25, 0.3) is 0 Å². The Hall–Kier alpha value is -2.01. The molecule has 16 heavy (non-hydrogen) atoms. The van der Waals surface area contributed by atoms with Crippen molar-refractivity contribution in [2.75, 3.05) is 5.73 Å². The highest BCUT2D eigenvalue weighted by Crippen LogP contribution is 2.34. The minimum Gasteiger partial charge on any atom is -0.399 e. The first-order valence-corrected chi connectivity index (χ1v) is 5.29. The highest BCUT2D eigenvalue weighted by molar-refractivity contribution is 5.47. The number of nitriles is 1. The first-order valence-electron chi connectivity index (χ1n) is 5.29. The van der Waals surface area contributed by atoms with Crippen molar-refractivity contribution in [3.63, 3.8) is 0 Å². The number of rotatable bonds is 1. The molecule has 2 N–H and O–H groups in total. The molecule has 1 aromatic rings. The summed E-state index contributed by atoms with van der Waals surface area (Å²) in [6, 6.07) is 10.0. The molecule has 0 aliphatic heterocycles. The second kappa shape index (κ2) is 3.86. The molecule has 0 heterocycles. The second-order valence-corrected chi connectivity index (χ2v) is 4.36. The summed E-state index contributed by atoms with van der Waals surface area (Å²) >= 11 is 0. The third kappa shape index (κ3) is 1.85. The van der Waals surface area contributed by atoms with Crippen LogP contribution in [0.5, 0.6) is 0 Å². The van der Waals surface area contributed by atoms with Crippen molar-refractivity contribution in [1.82, 2.24) is 0 Å². The number of nitrogens with two attached hydrogens (primary N) is 1. The van der Waals surface area contributed by atoms with E-state index in [-0.39, 0.29) is 5.41 Å². The van der Waals surface area contributed by atoms with Crippen LogP contribution in [-0.2, 0) is 5.41 Å². The first kappa shape index (κ1) is 10.5. The predicted molar refractivity (Wildman–Crippen MR) is 65.7 cm³/mol. The normalized spacial score (nSPS) is 23.6. The van der Waals surface area contributed by atoms with E-state index in [1.54, 1.807) is 0 Å². The highest BCUT2D eigenvalue weighted by Gasteiger charge is 2.25. The third-order valence-corrected chi connectivity index (χ3v) is 3.01. The van der Waals surface area contributed by atoms with Gasteiger partial charge in [0.05, 0.1) is 6.07 Å². The highest BCUT2D eigenvalue weighted by atomic mass is 14.5. The van der Waals surface area contributed by atoms with Crippen molar-refractivity contribution < 1.29 is 0 Å². The van der Waals surface area contributed by atoms with Gasteiger partial charge in [0.2, 0.25) is 0 Å². The van der Waals surface area contributed by atoms with Crippen LogP contribution in [0.3, 0.4) is 0 Å². The maximum absolute atomic E-state index is 8.92. The predicted octanol–water partition coefficient (Wildman–Crippen LogP) is 2.94. The fraction of sp³-hybridized carbons (Fsp3) is 0.214. The van der Waals surface area contributed by atoms with Gasteiger partial charge in [0, 0.05) is 16.7 Å². The zero-order valence-electron chi connectivity index (χ0n) is 9.27. The standard InChI is InChI=1S/C14H14N2/c1-14(8-2-3-11(9-14)10-15)12-4-6-13(16)7-5-12/h2-7,9H,8,16H2,1H3. The summed E-state index contributed by atoms with van der Waals surface area (Å²) in [5.74, 6) is 0.